The second-order valence-electron chi connectivity index (χ2n) is 4.43. The molecule has 0 atom stereocenters. The number of rotatable bonds is 6. The summed E-state index contributed by atoms with van der Waals surface area (Å²) >= 11 is 7.98. The third-order valence-electron chi connectivity index (χ3n) is 2.92. The predicted molar refractivity (Wildman–Crippen MR) is 81.8 cm³/mol. The topological polar surface area (TPSA) is 34.6 Å². The first-order valence-corrected chi connectivity index (χ1v) is 7.42. The lowest BCUT2D eigenvalue weighted by molar-refractivity contribution is 0.313. The number of thiazole rings is 1. The van der Waals surface area contributed by atoms with E-state index in [2.05, 4.69) is 9.88 Å². The number of nitrogens with zero attached hydrogens (tertiary/aromatic N) is 2. The van der Waals surface area contributed by atoms with Crippen LogP contribution in [0.3, 0.4) is 0 Å². The highest BCUT2D eigenvalue weighted by atomic mass is 35.5. The number of methoxy groups -OCH3 is 2. The van der Waals surface area contributed by atoms with Crippen molar-refractivity contribution in [2.24, 2.45) is 0 Å². The number of hydrogen-bond donors (Lipinski definition) is 0. The molecule has 0 saturated heterocycles. The van der Waals surface area contributed by atoms with E-state index in [1.54, 1.807) is 25.6 Å². The number of aromatic nitrogens is 1. The Labute approximate surface area is 127 Å². The van der Waals surface area contributed by atoms with Gasteiger partial charge in [-0.15, -0.1) is 11.3 Å². The van der Waals surface area contributed by atoms with Gasteiger partial charge in [-0.25, -0.2) is 4.98 Å². The fourth-order valence-electron chi connectivity index (χ4n) is 1.99. The molecule has 1 aromatic heterocycles. The first kappa shape index (κ1) is 15.1. The summed E-state index contributed by atoms with van der Waals surface area (Å²) in [6, 6.07) is 3.83. The zero-order valence-corrected chi connectivity index (χ0v) is 13.3. The molecule has 108 valence electrons. The zero-order chi connectivity index (χ0) is 14.5. The molecule has 0 amide bonds. The van der Waals surface area contributed by atoms with Gasteiger partial charge in [0.2, 0.25) is 0 Å². The van der Waals surface area contributed by atoms with Crippen LogP contribution in [0.4, 0.5) is 0 Å². The van der Waals surface area contributed by atoms with Crippen LogP contribution in [-0.2, 0) is 13.1 Å². The molecule has 0 aliphatic carbocycles. The van der Waals surface area contributed by atoms with Gasteiger partial charge in [-0.2, -0.15) is 0 Å². The molecule has 0 aliphatic heterocycles. The molecule has 0 N–H and O–H groups in total. The highest BCUT2D eigenvalue weighted by molar-refractivity contribution is 7.07. The Morgan fingerprint density at radius 3 is 2.65 bits per heavy atom. The van der Waals surface area contributed by atoms with Gasteiger partial charge in [-0.3, -0.25) is 4.90 Å². The van der Waals surface area contributed by atoms with Crippen molar-refractivity contribution in [3.8, 4) is 11.5 Å². The largest absolute Gasteiger partial charge is 0.493 e. The normalized spacial score (nSPS) is 10.8. The highest BCUT2D eigenvalue weighted by Crippen LogP contribution is 2.37. The maximum absolute atomic E-state index is 6.37. The van der Waals surface area contributed by atoms with Crippen LogP contribution in [0.1, 0.15) is 11.3 Å². The van der Waals surface area contributed by atoms with Crippen molar-refractivity contribution in [2.45, 2.75) is 13.1 Å². The summed E-state index contributed by atoms with van der Waals surface area (Å²) < 4.78 is 10.5. The Balaban J connectivity index is 2.13. The number of ether oxygens (including phenoxy) is 2. The molecule has 0 bridgehead atoms. The van der Waals surface area contributed by atoms with Crippen molar-refractivity contribution in [1.82, 2.24) is 9.88 Å². The summed E-state index contributed by atoms with van der Waals surface area (Å²) in [6.07, 6.45) is 0. The molecule has 0 spiro atoms. The maximum Gasteiger partial charge on any atom is 0.179 e. The van der Waals surface area contributed by atoms with E-state index in [1.807, 2.05) is 30.1 Å². The van der Waals surface area contributed by atoms with Crippen LogP contribution in [0.25, 0.3) is 0 Å². The Bertz CT molecular complexity index is 561. The molecule has 0 unspecified atom stereocenters. The van der Waals surface area contributed by atoms with Gasteiger partial charge in [-0.05, 0) is 18.7 Å². The van der Waals surface area contributed by atoms with E-state index in [-0.39, 0.29) is 0 Å². The Morgan fingerprint density at radius 1 is 1.25 bits per heavy atom. The number of benzene rings is 1. The Kier molecular flexibility index (Phi) is 5.23. The second-order valence-corrected chi connectivity index (χ2v) is 5.52. The second kappa shape index (κ2) is 6.92. The monoisotopic (exact) mass is 312 g/mol. The van der Waals surface area contributed by atoms with E-state index in [9.17, 15) is 0 Å². The molecule has 2 rings (SSSR count). The van der Waals surface area contributed by atoms with Crippen LogP contribution < -0.4 is 9.47 Å². The SMILES string of the molecule is COc1ccc(CN(C)Cc2cscn2)c(Cl)c1OC. The molecule has 0 fully saturated rings. The van der Waals surface area contributed by atoms with Gasteiger partial charge in [0.1, 0.15) is 0 Å². The van der Waals surface area contributed by atoms with Gasteiger partial charge in [0, 0.05) is 18.5 Å². The van der Waals surface area contributed by atoms with Crippen molar-refractivity contribution in [1.29, 1.82) is 0 Å². The van der Waals surface area contributed by atoms with Gasteiger partial charge in [0.25, 0.3) is 0 Å². The lowest BCUT2D eigenvalue weighted by Crippen LogP contribution is -2.17. The van der Waals surface area contributed by atoms with Crippen LogP contribution in [0, 0.1) is 0 Å². The van der Waals surface area contributed by atoms with Crippen molar-refractivity contribution in [2.75, 3.05) is 21.3 Å². The molecule has 4 nitrogen and oxygen atoms in total. The van der Waals surface area contributed by atoms with E-state index >= 15 is 0 Å². The molecule has 20 heavy (non-hydrogen) atoms. The van der Waals surface area contributed by atoms with Gasteiger partial charge >= 0.3 is 0 Å². The summed E-state index contributed by atoms with van der Waals surface area (Å²) in [5, 5.41) is 2.64. The van der Waals surface area contributed by atoms with E-state index in [4.69, 9.17) is 21.1 Å². The standard InChI is InChI=1S/C14H17ClN2O2S/c1-17(7-11-8-20-9-16-11)6-10-4-5-12(18-2)14(19-3)13(10)15/h4-5,8-9H,6-7H2,1-3H3. The van der Waals surface area contributed by atoms with Crippen LogP contribution in [0.15, 0.2) is 23.0 Å². The molecule has 0 aliphatic rings. The first-order chi connectivity index (χ1) is 9.65. The predicted octanol–water partition coefficient (Wildman–Crippen LogP) is 3.45. The highest BCUT2D eigenvalue weighted by Gasteiger charge is 2.14. The summed E-state index contributed by atoms with van der Waals surface area (Å²) in [5.41, 5.74) is 3.91. The minimum Gasteiger partial charge on any atom is -0.493 e. The number of halogens is 1. The number of hydrogen-bond acceptors (Lipinski definition) is 5. The molecule has 2 aromatic rings. The van der Waals surface area contributed by atoms with Crippen molar-refractivity contribution >= 4 is 22.9 Å². The van der Waals surface area contributed by atoms with Gasteiger partial charge in [0.15, 0.2) is 11.5 Å². The lowest BCUT2D eigenvalue weighted by atomic mass is 10.2. The molecule has 1 aromatic carbocycles. The molecular formula is C14H17ClN2O2S. The zero-order valence-electron chi connectivity index (χ0n) is 11.7. The third kappa shape index (κ3) is 3.42. The van der Waals surface area contributed by atoms with Crippen LogP contribution >= 0.6 is 22.9 Å². The minimum atomic E-state index is 0.578. The average molecular weight is 313 g/mol. The van der Waals surface area contributed by atoms with Crippen molar-refractivity contribution in [3.05, 3.63) is 39.3 Å². The summed E-state index contributed by atoms with van der Waals surface area (Å²) in [4.78, 5) is 6.44. The molecule has 1 heterocycles. The van der Waals surface area contributed by atoms with E-state index in [0.29, 0.717) is 16.5 Å². The van der Waals surface area contributed by atoms with Crippen LogP contribution in [-0.4, -0.2) is 31.2 Å². The third-order valence-corrected chi connectivity index (χ3v) is 3.97. The Hall–Kier alpha value is -1.30. The molecule has 6 heteroatoms. The van der Waals surface area contributed by atoms with Crippen LogP contribution in [0.2, 0.25) is 5.02 Å². The van der Waals surface area contributed by atoms with Crippen molar-refractivity contribution < 1.29 is 9.47 Å². The minimum absolute atomic E-state index is 0.578. The van der Waals surface area contributed by atoms with Gasteiger partial charge in [-0.1, -0.05) is 17.7 Å². The fourth-order valence-corrected chi connectivity index (χ4v) is 2.83. The van der Waals surface area contributed by atoms with Crippen molar-refractivity contribution in [3.63, 3.8) is 0 Å². The summed E-state index contributed by atoms with van der Waals surface area (Å²) in [6.45, 7) is 1.50. The average Bonchev–Trinajstić information content (AvgIpc) is 2.93. The molecule has 0 radical (unpaired) electrons. The maximum atomic E-state index is 6.37. The van der Waals surface area contributed by atoms with E-state index < -0.39 is 0 Å². The molecule has 0 saturated carbocycles. The first-order valence-electron chi connectivity index (χ1n) is 6.10. The lowest BCUT2D eigenvalue weighted by Gasteiger charge is -2.18. The fraction of sp³-hybridized carbons (Fsp3) is 0.357. The summed E-state index contributed by atoms with van der Waals surface area (Å²) in [5.74, 6) is 1.22. The van der Waals surface area contributed by atoms with Gasteiger partial charge in [0.05, 0.1) is 30.4 Å². The smallest absolute Gasteiger partial charge is 0.179 e. The molecular weight excluding hydrogens is 296 g/mol. The van der Waals surface area contributed by atoms with Crippen LogP contribution in [0.5, 0.6) is 11.5 Å². The Morgan fingerprint density at radius 2 is 2.05 bits per heavy atom. The van der Waals surface area contributed by atoms with E-state index in [1.165, 1.54) is 0 Å². The van der Waals surface area contributed by atoms with Gasteiger partial charge < -0.3 is 9.47 Å². The van der Waals surface area contributed by atoms with E-state index in [0.717, 1.165) is 24.3 Å². The summed E-state index contributed by atoms with van der Waals surface area (Å²) in [7, 11) is 5.22. The quantitative estimate of drug-likeness (QED) is 0.818.